The van der Waals surface area contributed by atoms with Crippen molar-refractivity contribution in [2.24, 2.45) is 0 Å². The number of carbonyl (C=O) groups is 1. The van der Waals surface area contributed by atoms with E-state index in [1.54, 1.807) is 11.3 Å². The van der Waals surface area contributed by atoms with Gasteiger partial charge in [-0.3, -0.25) is 4.79 Å². The van der Waals surface area contributed by atoms with Gasteiger partial charge in [0.05, 0.1) is 4.88 Å². The van der Waals surface area contributed by atoms with Crippen LogP contribution in [0.3, 0.4) is 0 Å². The van der Waals surface area contributed by atoms with Gasteiger partial charge < -0.3 is 10.2 Å². The fraction of sp³-hybridized carbons (Fsp3) is 0.583. The summed E-state index contributed by atoms with van der Waals surface area (Å²) >= 11 is 1.59. The third-order valence-electron chi connectivity index (χ3n) is 3.03. The summed E-state index contributed by atoms with van der Waals surface area (Å²) in [6, 6.07) is 4.33. The van der Waals surface area contributed by atoms with Gasteiger partial charge in [-0.1, -0.05) is 0 Å². The molecule has 3 nitrogen and oxygen atoms in total. The number of nitrogens with zero attached hydrogens (tertiary/aromatic N) is 1. The number of rotatable bonds is 3. The molecule has 0 saturated carbocycles. The molecule has 4 heteroatoms. The van der Waals surface area contributed by atoms with Gasteiger partial charge in [-0.05, 0) is 38.9 Å². The van der Waals surface area contributed by atoms with Gasteiger partial charge in [-0.15, -0.1) is 11.3 Å². The molecule has 0 radical (unpaired) electrons. The smallest absolute Gasteiger partial charge is 0.264 e. The Hall–Kier alpha value is -0.870. The van der Waals surface area contributed by atoms with Gasteiger partial charge in [0.2, 0.25) is 0 Å². The van der Waals surface area contributed by atoms with Crippen LogP contribution in [-0.4, -0.2) is 37.0 Å². The first-order valence-electron chi connectivity index (χ1n) is 5.74. The predicted octanol–water partition coefficient (Wildman–Crippen LogP) is 1.88. The molecule has 2 rings (SSSR count). The summed E-state index contributed by atoms with van der Waals surface area (Å²) in [5, 5.41) is 3.16. The van der Waals surface area contributed by atoms with Crippen LogP contribution in [0.5, 0.6) is 0 Å². The lowest BCUT2D eigenvalue weighted by molar-refractivity contribution is 0.0742. The van der Waals surface area contributed by atoms with Gasteiger partial charge in [0.15, 0.2) is 0 Å². The van der Waals surface area contributed by atoms with Gasteiger partial charge >= 0.3 is 0 Å². The highest BCUT2D eigenvalue weighted by atomic mass is 32.1. The third kappa shape index (κ3) is 2.28. The lowest BCUT2D eigenvalue weighted by Gasteiger charge is -2.23. The number of hydrogen-bond donors (Lipinski definition) is 1. The lowest BCUT2D eigenvalue weighted by atomic mass is 10.2. The van der Waals surface area contributed by atoms with Crippen molar-refractivity contribution >= 4 is 17.2 Å². The molecule has 1 saturated heterocycles. The maximum atomic E-state index is 12.3. The molecule has 1 aromatic rings. The van der Waals surface area contributed by atoms with E-state index in [0.717, 1.165) is 30.8 Å². The number of aryl methyl sites for hydroxylation is 1. The minimum absolute atomic E-state index is 0.204. The van der Waals surface area contributed by atoms with E-state index < -0.39 is 0 Å². The van der Waals surface area contributed by atoms with Crippen LogP contribution < -0.4 is 5.32 Å². The molecule has 0 aromatic carbocycles. The lowest BCUT2D eigenvalue weighted by Crippen LogP contribution is -2.40. The highest BCUT2D eigenvalue weighted by Gasteiger charge is 2.29. The zero-order valence-corrected chi connectivity index (χ0v) is 10.6. The molecular weight excluding hydrogens is 220 g/mol. The molecule has 16 heavy (non-hydrogen) atoms. The predicted molar refractivity (Wildman–Crippen MR) is 67.0 cm³/mol. The molecule has 1 fully saturated rings. The van der Waals surface area contributed by atoms with E-state index in [4.69, 9.17) is 0 Å². The van der Waals surface area contributed by atoms with E-state index in [0.29, 0.717) is 6.04 Å². The number of likely N-dealkylation sites (N-methyl/N-ethyl adjacent to an activating group) is 1. The van der Waals surface area contributed by atoms with Crippen LogP contribution in [0.15, 0.2) is 12.1 Å². The Bertz CT molecular complexity index is 375. The maximum Gasteiger partial charge on any atom is 0.264 e. The van der Waals surface area contributed by atoms with E-state index in [1.807, 2.05) is 31.0 Å². The first kappa shape index (κ1) is 11.6. The Labute approximate surface area is 100 Å². The van der Waals surface area contributed by atoms with E-state index in [2.05, 4.69) is 5.32 Å². The first-order valence-corrected chi connectivity index (χ1v) is 6.56. The van der Waals surface area contributed by atoms with Gasteiger partial charge in [0.25, 0.3) is 5.91 Å². The van der Waals surface area contributed by atoms with Crippen molar-refractivity contribution < 1.29 is 4.79 Å². The maximum absolute atomic E-state index is 12.3. The average Bonchev–Trinajstić information content (AvgIpc) is 2.87. The monoisotopic (exact) mass is 238 g/mol. The van der Waals surface area contributed by atoms with Crippen LogP contribution >= 0.6 is 11.3 Å². The van der Waals surface area contributed by atoms with E-state index in [9.17, 15) is 4.79 Å². The molecule has 0 bridgehead atoms. The second kappa shape index (κ2) is 4.97. The molecule has 88 valence electrons. The summed E-state index contributed by atoms with van der Waals surface area (Å²) in [7, 11) is 1.94. The summed E-state index contributed by atoms with van der Waals surface area (Å²) in [5.74, 6) is 0.204. The van der Waals surface area contributed by atoms with Crippen LogP contribution in [0, 0.1) is 6.92 Å². The molecular formula is C12H18N2OS. The van der Waals surface area contributed by atoms with Gasteiger partial charge in [-0.2, -0.15) is 0 Å². The number of thiophene rings is 1. The standard InChI is InChI=1S/C12H18N2OS/c1-9-5-6-11(16-9)12(15)14-7-3-4-10(14)8-13-2/h5-6,10,13H,3-4,7-8H2,1-2H3. The first-order chi connectivity index (χ1) is 7.72. The Morgan fingerprint density at radius 2 is 2.44 bits per heavy atom. The Balaban J connectivity index is 2.09. The van der Waals surface area contributed by atoms with Gasteiger partial charge in [0.1, 0.15) is 0 Å². The second-order valence-corrected chi connectivity index (χ2v) is 5.55. The number of carbonyl (C=O) groups excluding carboxylic acids is 1. The summed E-state index contributed by atoms with van der Waals surface area (Å²) in [4.78, 5) is 16.3. The van der Waals surface area contributed by atoms with Crippen LogP contribution in [0.1, 0.15) is 27.4 Å². The number of likely N-dealkylation sites (tertiary alicyclic amines) is 1. The van der Waals surface area contributed by atoms with Crippen LogP contribution in [0.4, 0.5) is 0 Å². The highest BCUT2D eigenvalue weighted by molar-refractivity contribution is 7.13. The second-order valence-electron chi connectivity index (χ2n) is 4.26. The molecule has 0 aliphatic carbocycles. The van der Waals surface area contributed by atoms with Crippen molar-refractivity contribution in [3.05, 3.63) is 21.9 Å². The van der Waals surface area contributed by atoms with Crippen molar-refractivity contribution in [2.75, 3.05) is 20.1 Å². The third-order valence-corrected chi connectivity index (χ3v) is 4.02. The molecule has 1 unspecified atom stereocenters. The Kier molecular flexibility index (Phi) is 3.61. The summed E-state index contributed by atoms with van der Waals surface area (Å²) < 4.78 is 0. The van der Waals surface area contributed by atoms with Crippen LogP contribution in [-0.2, 0) is 0 Å². The normalized spacial score (nSPS) is 20.4. The molecule has 1 aliphatic rings. The van der Waals surface area contributed by atoms with Crippen LogP contribution in [0.25, 0.3) is 0 Å². The molecule has 1 N–H and O–H groups in total. The molecule has 0 spiro atoms. The van der Waals surface area contributed by atoms with E-state index in [1.165, 1.54) is 4.88 Å². The number of amides is 1. The number of nitrogens with one attached hydrogen (secondary N) is 1. The van der Waals surface area contributed by atoms with Crippen molar-refractivity contribution in [2.45, 2.75) is 25.8 Å². The Morgan fingerprint density at radius 3 is 3.06 bits per heavy atom. The minimum atomic E-state index is 0.204. The molecule has 1 aromatic heterocycles. The fourth-order valence-corrected chi connectivity index (χ4v) is 3.07. The fourth-order valence-electron chi connectivity index (χ4n) is 2.24. The van der Waals surface area contributed by atoms with Crippen molar-refractivity contribution in [1.29, 1.82) is 0 Å². The molecule has 2 heterocycles. The summed E-state index contributed by atoms with van der Waals surface area (Å²) in [6.45, 7) is 3.84. The largest absolute Gasteiger partial charge is 0.334 e. The van der Waals surface area contributed by atoms with E-state index >= 15 is 0 Å². The topological polar surface area (TPSA) is 32.3 Å². The molecule has 1 amide bonds. The van der Waals surface area contributed by atoms with Crippen LogP contribution in [0.2, 0.25) is 0 Å². The zero-order valence-electron chi connectivity index (χ0n) is 9.82. The molecule has 1 aliphatic heterocycles. The van der Waals surface area contributed by atoms with Crippen molar-refractivity contribution in [1.82, 2.24) is 10.2 Å². The SMILES string of the molecule is CNCC1CCCN1C(=O)c1ccc(C)s1. The zero-order chi connectivity index (χ0) is 11.5. The molecule has 1 atom stereocenters. The van der Waals surface area contributed by atoms with Gasteiger partial charge in [0, 0.05) is 24.0 Å². The quantitative estimate of drug-likeness (QED) is 0.872. The average molecular weight is 238 g/mol. The number of hydrogen-bond acceptors (Lipinski definition) is 3. The van der Waals surface area contributed by atoms with Crippen molar-refractivity contribution in [3.63, 3.8) is 0 Å². The summed E-state index contributed by atoms with van der Waals surface area (Å²) in [6.07, 6.45) is 2.25. The minimum Gasteiger partial charge on any atom is -0.334 e. The summed E-state index contributed by atoms with van der Waals surface area (Å²) in [5.41, 5.74) is 0. The van der Waals surface area contributed by atoms with Crippen molar-refractivity contribution in [3.8, 4) is 0 Å². The van der Waals surface area contributed by atoms with Gasteiger partial charge in [-0.25, -0.2) is 0 Å². The van der Waals surface area contributed by atoms with E-state index in [-0.39, 0.29) is 5.91 Å². The Morgan fingerprint density at radius 1 is 1.62 bits per heavy atom. The highest BCUT2D eigenvalue weighted by Crippen LogP contribution is 2.23.